The summed E-state index contributed by atoms with van der Waals surface area (Å²) in [6, 6.07) is 17.4. The minimum Gasteiger partial charge on any atom is -0.497 e. The van der Waals surface area contributed by atoms with E-state index in [0.717, 1.165) is 22.6 Å². The highest BCUT2D eigenvalue weighted by Gasteiger charge is 2.18. The zero-order valence-electron chi connectivity index (χ0n) is 18.3. The molecule has 33 heavy (non-hydrogen) atoms. The number of benzene rings is 2. The number of furan rings is 1. The van der Waals surface area contributed by atoms with Gasteiger partial charge in [0.05, 0.1) is 25.7 Å². The third-order valence-corrected chi connectivity index (χ3v) is 5.99. The van der Waals surface area contributed by atoms with Crippen molar-refractivity contribution >= 4 is 17.7 Å². The van der Waals surface area contributed by atoms with Gasteiger partial charge in [0.2, 0.25) is 5.91 Å². The van der Waals surface area contributed by atoms with E-state index in [0.29, 0.717) is 24.1 Å². The Bertz CT molecular complexity index is 1190. The molecular formula is C24H23FN4O3S. The number of methoxy groups -OCH3 is 1. The summed E-state index contributed by atoms with van der Waals surface area (Å²) in [7, 11) is 3.34. The first-order valence-corrected chi connectivity index (χ1v) is 11.2. The summed E-state index contributed by atoms with van der Waals surface area (Å²) in [5.41, 5.74) is 1.74. The molecule has 7 nitrogen and oxygen atoms in total. The van der Waals surface area contributed by atoms with Crippen molar-refractivity contribution in [2.75, 3.05) is 19.9 Å². The standard InChI is InChI=1S/C24H23FN4O3S/c1-28(14-17-5-9-19(25)10-6-17)22(30)16-33-24-27-26-23(18-7-11-20(31-2)12-8-18)29(24)15-21-4-3-13-32-21/h3-13H,14-16H2,1-2H3. The number of halogens is 1. The molecule has 2 aromatic heterocycles. The molecule has 0 unspecified atom stereocenters. The smallest absolute Gasteiger partial charge is 0.233 e. The average molecular weight is 467 g/mol. The average Bonchev–Trinajstić information content (AvgIpc) is 3.49. The fourth-order valence-corrected chi connectivity index (χ4v) is 4.12. The van der Waals surface area contributed by atoms with Crippen LogP contribution in [0, 0.1) is 5.82 Å². The van der Waals surface area contributed by atoms with Crippen LogP contribution in [-0.2, 0) is 17.9 Å². The van der Waals surface area contributed by atoms with Crippen LogP contribution in [0.15, 0.2) is 76.5 Å². The van der Waals surface area contributed by atoms with Crippen LogP contribution in [-0.4, -0.2) is 45.5 Å². The van der Waals surface area contributed by atoms with Crippen LogP contribution in [0.25, 0.3) is 11.4 Å². The van der Waals surface area contributed by atoms with Crippen LogP contribution < -0.4 is 4.74 Å². The number of nitrogens with zero attached hydrogens (tertiary/aromatic N) is 4. The van der Waals surface area contributed by atoms with Crippen molar-refractivity contribution in [1.29, 1.82) is 0 Å². The molecule has 0 aliphatic heterocycles. The second-order valence-corrected chi connectivity index (χ2v) is 8.31. The lowest BCUT2D eigenvalue weighted by molar-refractivity contribution is -0.127. The Morgan fingerprint density at radius 1 is 1.12 bits per heavy atom. The molecule has 4 aromatic rings. The van der Waals surface area contributed by atoms with Crippen LogP contribution in [0.5, 0.6) is 5.75 Å². The second-order valence-electron chi connectivity index (χ2n) is 7.37. The number of carbonyl (C=O) groups is 1. The Morgan fingerprint density at radius 2 is 1.88 bits per heavy atom. The first kappa shape index (κ1) is 22.6. The lowest BCUT2D eigenvalue weighted by atomic mass is 10.2. The number of ether oxygens (including phenoxy) is 1. The molecule has 0 atom stereocenters. The molecule has 0 fully saturated rings. The summed E-state index contributed by atoms with van der Waals surface area (Å²) in [6.45, 7) is 0.833. The molecular weight excluding hydrogens is 443 g/mol. The highest BCUT2D eigenvalue weighted by Crippen LogP contribution is 2.27. The molecule has 170 valence electrons. The quantitative estimate of drug-likeness (QED) is 0.339. The summed E-state index contributed by atoms with van der Waals surface area (Å²) in [5.74, 6) is 2.00. The van der Waals surface area contributed by atoms with Crippen molar-refractivity contribution in [3.05, 3.63) is 84.1 Å². The monoisotopic (exact) mass is 466 g/mol. The van der Waals surface area contributed by atoms with Crippen LogP contribution in [0.3, 0.4) is 0 Å². The predicted molar refractivity (Wildman–Crippen MR) is 123 cm³/mol. The van der Waals surface area contributed by atoms with Crippen molar-refractivity contribution in [3.8, 4) is 17.1 Å². The van der Waals surface area contributed by atoms with Gasteiger partial charge in [-0.2, -0.15) is 0 Å². The van der Waals surface area contributed by atoms with E-state index < -0.39 is 0 Å². The number of rotatable bonds is 9. The Morgan fingerprint density at radius 3 is 2.55 bits per heavy atom. The van der Waals surface area contributed by atoms with E-state index in [1.54, 1.807) is 37.5 Å². The maximum Gasteiger partial charge on any atom is 0.233 e. The number of hydrogen-bond donors (Lipinski definition) is 0. The first-order chi connectivity index (χ1) is 16.0. The van der Waals surface area contributed by atoms with Crippen LogP contribution in [0.2, 0.25) is 0 Å². The van der Waals surface area contributed by atoms with Gasteiger partial charge in [0.15, 0.2) is 11.0 Å². The summed E-state index contributed by atoms with van der Waals surface area (Å²) < 4.78 is 25.8. The van der Waals surface area contributed by atoms with Crippen molar-refractivity contribution in [3.63, 3.8) is 0 Å². The van der Waals surface area contributed by atoms with Gasteiger partial charge < -0.3 is 14.1 Å². The van der Waals surface area contributed by atoms with Crippen molar-refractivity contribution in [2.24, 2.45) is 0 Å². The van der Waals surface area contributed by atoms with E-state index >= 15 is 0 Å². The predicted octanol–water partition coefficient (Wildman–Crippen LogP) is 4.48. The molecule has 0 saturated carbocycles. The molecule has 1 amide bonds. The maximum atomic E-state index is 13.1. The first-order valence-electron chi connectivity index (χ1n) is 10.2. The molecule has 0 bridgehead atoms. The fraction of sp³-hybridized carbons (Fsp3) is 0.208. The molecule has 0 aliphatic carbocycles. The Hall–Kier alpha value is -3.59. The van der Waals surface area contributed by atoms with E-state index in [2.05, 4.69) is 10.2 Å². The highest BCUT2D eigenvalue weighted by atomic mass is 32.2. The van der Waals surface area contributed by atoms with Gasteiger partial charge in [0.25, 0.3) is 0 Å². The number of aromatic nitrogens is 3. The van der Waals surface area contributed by atoms with E-state index in [-0.39, 0.29) is 17.5 Å². The highest BCUT2D eigenvalue weighted by molar-refractivity contribution is 7.99. The molecule has 0 aliphatic rings. The molecule has 4 rings (SSSR count). The molecule has 0 N–H and O–H groups in total. The largest absolute Gasteiger partial charge is 0.497 e. The maximum absolute atomic E-state index is 13.1. The number of amides is 1. The third-order valence-electron chi connectivity index (χ3n) is 5.04. The SMILES string of the molecule is COc1ccc(-c2nnc(SCC(=O)N(C)Cc3ccc(F)cc3)n2Cc2ccco2)cc1. The van der Waals surface area contributed by atoms with E-state index in [9.17, 15) is 9.18 Å². The molecule has 9 heteroatoms. The van der Waals surface area contributed by atoms with Crippen LogP contribution >= 0.6 is 11.8 Å². The Balaban J connectivity index is 1.49. The lowest BCUT2D eigenvalue weighted by Gasteiger charge is -2.17. The summed E-state index contributed by atoms with van der Waals surface area (Å²) >= 11 is 1.31. The number of thioether (sulfide) groups is 1. The van der Waals surface area contributed by atoms with Gasteiger partial charge in [-0.15, -0.1) is 10.2 Å². The fourth-order valence-electron chi connectivity index (χ4n) is 3.24. The normalized spacial score (nSPS) is 10.9. The second kappa shape index (κ2) is 10.4. The number of hydrogen-bond acceptors (Lipinski definition) is 6. The molecule has 0 spiro atoms. The summed E-state index contributed by atoms with van der Waals surface area (Å²) in [5, 5.41) is 9.31. The van der Waals surface area contributed by atoms with Gasteiger partial charge >= 0.3 is 0 Å². The Labute approximate surface area is 195 Å². The molecule has 0 radical (unpaired) electrons. The van der Waals surface area contributed by atoms with Crippen molar-refractivity contribution < 1.29 is 18.3 Å². The summed E-state index contributed by atoms with van der Waals surface area (Å²) in [6.07, 6.45) is 1.62. The van der Waals surface area contributed by atoms with Crippen LogP contribution in [0.4, 0.5) is 4.39 Å². The van der Waals surface area contributed by atoms with E-state index in [1.807, 2.05) is 41.0 Å². The van der Waals surface area contributed by atoms with Crippen molar-refractivity contribution in [2.45, 2.75) is 18.2 Å². The zero-order valence-corrected chi connectivity index (χ0v) is 19.1. The van der Waals surface area contributed by atoms with Gasteiger partial charge in [0, 0.05) is 19.2 Å². The van der Waals surface area contributed by atoms with E-state index in [1.165, 1.54) is 23.9 Å². The lowest BCUT2D eigenvalue weighted by Crippen LogP contribution is -2.27. The van der Waals surface area contributed by atoms with Gasteiger partial charge in [-0.3, -0.25) is 9.36 Å². The molecule has 0 saturated heterocycles. The van der Waals surface area contributed by atoms with Gasteiger partial charge in [0.1, 0.15) is 17.3 Å². The van der Waals surface area contributed by atoms with E-state index in [4.69, 9.17) is 9.15 Å². The topological polar surface area (TPSA) is 73.4 Å². The van der Waals surface area contributed by atoms with Gasteiger partial charge in [-0.25, -0.2) is 4.39 Å². The van der Waals surface area contributed by atoms with Crippen LogP contribution in [0.1, 0.15) is 11.3 Å². The van der Waals surface area contributed by atoms with Gasteiger partial charge in [-0.1, -0.05) is 23.9 Å². The van der Waals surface area contributed by atoms with Crippen molar-refractivity contribution in [1.82, 2.24) is 19.7 Å². The van der Waals surface area contributed by atoms with Gasteiger partial charge in [-0.05, 0) is 54.1 Å². The summed E-state index contributed by atoms with van der Waals surface area (Å²) in [4.78, 5) is 14.3. The molecule has 2 aromatic carbocycles. The third kappa shape index (κ3) is 5.61. The zero-order chi connectivity index (χ0) is 23.2. The molecule has 2 heterocycles. The minimum atomic E-state index is -0.299. The Kier molecular flexibility index (Phi) is 7.09. The number of carbonyl (C=O) groups excluding carboxylic acids is 1. The minimum absolute atomic E-state index is 0.0668.